The molecular formula is C44H53N5O10S. The van der Waals surface area contributed by atoms with Gasteiger partial charge in [-0.1, -0.05) is 42.0 Å². The van der Waals surface area contributed by atoms with Crippen LogP contribution in [0.3, 0.4) is 0 Å². The Kier molecular flexibility index (Phi) is 12.7. The van der Waals surface area contributed by atoms with E-state index in [2.05, 4.69) is 21.9 Å². The van der Waals surface area contributed by atoms with Gasteiger partial charge in [-0.05, 0) is 78.5 Å². The van der Waals surface area contributed by atoms with Gasteiger partial charge >= 0.3 is 6.09 Å². The summed E-state index contributed by atoms with van der Waals surface area (Å²) in [4.78, 5) is 75.0. The van der Waals surface area contributed by atoms with Crippen LogP contribution in [0, 0.1) is 5.92 Å². The first-order valence-electron chi connectivity index (χ1n) is 20.0. The smallest absolute Gasteiger partial charge is 0.408 e. The number of likely N-dealkylation sites (tertiary alicyclic amines) is 1. The first kappa shape index (κ1) is 43.8. The van der Waals surface area contributed by atoms with Crippen molar-refractivity contribution in [2.24, 2.45) is 5.92 Å². The normalized spacial score (nSPS) is 21.6. The molecular weight excluding hydrogens is 791 g/mol. The predicted molar refractivity (Wildman–Crippen MR) is 224 cm³/mol. The second-order valence-electron chi connectivity index (χ2n) is 16.8. The van der Waals surface area contributed by atoms with Crippen molar-refractivity contribution >= 4 is 50.5 Å². The molecule has 6 rings (SSSR count). The van der Waals surface area contributed by atoms with Gasteiger partial charge in [-0.15, -0.1) is 6.58 Å². The van der Waals surface area contributed by atoms with Gasteiger partial charge in [0.2, 0.25) is 21.8 Å². The second-order valence-corrected chi connectivity index (χ2v) is 18.8. The lowest BCUT2D eigenvalue weighted by Gasteiger charge is -2.30. The van der Waals surface area contributed by atoms with Crippen molar-refractivity contribution in [1.29, 1.82) is 0 Å². The number of aromatic nitrogens is 1. The number of fused-ring (bicyclic) bond motifs is 1. The van der Waals surface area contributed by atoms with E-state index in [4.69, 9.17) is 19.2 Å². The first-order chi connectivity index (χ1) is 28.3. The number of ketones is 1. The van der Waals surface area contributed by atoms with Crippen molar-refractivity contribution in [3.8, 4) is 22.8 Å². The minimum Gasteiger partial charge on any atom is -0.497 e. The van der Waals surface area contributed by atoms with E-state index in [1.165, 1.54) is 17.1 Å². The number of sulfonamides is 1. The van der Waals surface area contributed by atoms with E-state index < -0.39 is 74.3 Å². The number of pyridine rings is 1. The summed E-state index contributed by atoms with van der Waals surface area (Å²) < 4.78 is 45.4. The molecule has 2 aliphatic carbocycles. The van der Waals surface area contributed by atoms with Crippen molar-refractivity contribution in [3.63, 3.8) is 0 Å². The van der Waals surface area contributed by atoms with Crippen LogP contribution in [0.5, 0.6) is 11.5 Å². The van der Waals surface area contributed by atoms with E-state index in [1.54, 1.807) is 66.0 Å². The fourth-order valence-electron chi connectivity index (χ4n) is 7.32. The zero-order valence-corrected chi connectivity index (χ0v) is 35.6. The Bertz CT molecular complexity index is 2320. The number of amides is 4. The largest absolute Gasteiger partial charge is 0.497 e. The molecule has 4 amide bonds. The molecule has 3 aromatic rings. The van der Waals surface area contributed by atoms with Gasteiger partial charge < -0.3 is 29.7 Å². The molecule has 1 unspecified atom stereocenters. The fourth-order valence-corrected chi connectivity index (χ4v) is 8.68. The highest BCUT2D eigenvalue weighted by molar-refractivity contribution is 7.91. The summed E-state index contributed by atoms with van der Waals surface area (Å²) in [6.45, 7) is 12.2. The van der Waals surface area contributed by atoms with Gasteiger partial charge in [-0.25, -0.2) is 18.2 Å². The number of allylic oxidation sites excluding steroid dienone is 2. The molecule has 1 aromatic heterocycles. The number of nitrogens with zero attached hydrogens (tertiary/aromatic N) is 2. The average molecular weight is 844 g/mol. The van der Waals surface area contributed by atoms with Crippen molar-refractivity contribution in [1.82, 2.24) is 25.2 Å². The fraction of sp³-hybridized carbons (Fsp3) is 0.455. The molecule has 0 spiro atoms. The average Bonchev–Trinajstić information content (AvgIpc) is 4.12. The number of hydrogen-bond acceptors (Lipinski definition) is 11. The second kappa shape index (κ2) is 17.4. The van der Waals surface area contributed by atoms with Crippen LogP contribution in [0.2, 0.25) is 0 Å². The molecule has 5 atom stereocenters. The molecule has 0 bridgehead atoms. The van der Waals surface area contributed by atoms with Crippen LogP contribution in [0.4, 0.5) is 4.79 Å². The molecule has 60 heavy (non-hydrogen) atoms. The minimum absolute atomic E-state index is 0.0507. The molecule has 2 heterocycles. The van der Waals surface area contributed by atoms with Gasteiger partial charge in [0.1, 0.15) is 40.8 Å². The number of benzene rings is 2. The van der Waals surface area contributed by atoms with Gasteiger partial charge in [0.15, 0.2) is 5.78 Å². The van der Waals surface area contributed by atoms with Gasteiger partial charge in [0.25, 0.3) is 5.91 Å². The highest BCUT2D eigenvalue weighted by Crippen LogP contribution is 2.45. The zero-order valence-electron chi connectivity index (χ0n) is 34.8. The summed E-state index contributed by atoms with van der Waals surface area (Å²) >= 11 is 0. The Hall–Kier alpha value is -5.77. The molecule has 16 heteroatoms. The van der Waals surface area contributed by atoms with Crippen molar-refractivity contribution < 1.29 is 46.6 Å². The molecule has 15 nitrogen and oxygen atoms in total. The molecule has 3 N–H and O–H groups in total. The molecule has 1 aliphatic heterocycles. The third-order valence-electron chi connectivity index (χ3n) is 10.6. The van der Waals surface area contributed by atoms with E-state index in [0.717, 1.165) is 11.1 Å². The van der Waals surface area contributed by atoms with E-state index in [-0.39, 0.29) is 38.0 Å². The van der Waals surface area contributed by atoms with Gasteiger partial charge in [-0.2, -0.15) is 0 Å². The summed E-state index contributed by atoms with van der Waals surface area (Å²) in [5.74, 6) is -2.14. The molecule has 1 saturated heterocycles. The number of carbonyl (C=O) groups excluding carboxylic acids is 5. The number of nitrogens with one attached hydrogen (secondary N) is 3. The molecule has 3 aliphatic rings. The molecule has 320 valence electrons. The standard InChI is InChI=1S/C44H53N5O10S/c1-8-28-24-44(28,41(53)48-60(55,56)32-16-17-32)47-39(51)37-22-31(25-49(37)40(52)34(19-14-29(50)20-26(2)3)46-42(54)59-43(4,5)6)58-38-23-35(27-12-10-9-11-13-27)45-36-21-30(57-7)15-18-33(36)38/h8-13,15,18,20-21,23,28,31-32,34,37H,1,14,16-17,19,22,24-25H2,2-7H3,(H,46,54)(H,47,51)(H,48,53)/t28-,31?,34+,37+,44-/m1/s1. The number of rotatable bonds is 16. The van der Waals surface area contributed by atoms with Crippen molar-refractivity contribution in [3.05, 3.63) is 78.9 Å². The van der Waals surface area contributed by atoms with E-state index in [0.29, 0.717) is 40.9 Å². The Morgan fingerprint density at radius 2 is 1.77 bits per heavy atom. The molecule has 2 saturated carbocycles. The van der Waals surface area contributed by atoms with Gasteiger partial charge in [0, 0.05) is 41.8 Å². The number of carbonyl (C=O) groups is 5. The van der Waals surface area contributed by atoms with Crippen LogP contribution in [0.15, 0.2) is 78.9 Å². The Balaban J connectivity index is 1.35. The maximum absolute atomic E-state index is 14.7. The lowest BCUT2D eigenvalue weighted by molar-refractivity contribution is -0.141. The Morgan fingerprint density at radius 1 is 1.05 bits per heavy atom. The van der Waals surface area contributed by atoms with Crippen LogP contribution in [-0.4, -0.2) is 96.1 Å². The lowest BCUT2D eigenvalue weighted by Crippen LogP contribution is -2.58. The van der Waals surface area contributed by atoms with Crippen LogP contribution >= 0.6 is 0 Å². The van der Waals surface area contributed by atoms with Crippen molar-refractivity contribution in [2.75, 3.05) is 13.7 Å². The summed E-state index contributed by atoms with van der Waals surface area (Å²) in [6.07, 6.45) is 1.92. The first-order valence-corrected chi connectivity index (χ1v) is 21.6. The molecule has 3 fully saturated rings. The highest BCUT2D eigenvalue weighted by Gasteiger charge is 2.62. The van der Waals surface area contributed by atoms with Crippen LogP contribution in [0.1, 0.15) is 73.1 Å². The Labute approximate surface area is 350 Å². The zero-order chi connectivity index (χ0) is 43.6. The third kappa shape index (κ3) is 10.3. The summed E-state index contributed by atoms with van der Waals surface area (Å²) in [5, 5.41) is 5.36. The van der Waals surface area contributed by atoms with Crippen LogP contribution < -0.4 is 24.8 Å². The molecule has 2 aromatic carbocycles. The SMILES string of the molecule is C=C[C@@H]1C[C@]1(NC(=O)[C@@H]1CC(Oc2cc(-c3ccccc3)nc3cc(OC)ccc23)CN1C(=O)[C@H](CCC(=O)C=C(C)C)NC(=O)OC(C)(C)C)C(=O)NS(=O)(=O)C1CC1. The molecule has 0 radical (unpaired) electrons. The topological polar surface area (TPSA) is 199 Å². The summed E-state index contributed by atoms with van der Waals surface area (Å²) in [5.41, 5.74) is 0.232. The lowest BCUT2D eigenvalue weighted by atomic mass is 10.1. The van der Waals surface area contributed by atoms with Crippen LogP contribution in [0.25, 0.3) is 22.2 Å². The van der Waals surface area contributed by atoms with Gasteiger partial charge in [-0.3, -0.25) is 23.9 Å². The summed E-state index contributed by atoms with van der Waals surface area (Å²) in [7, 11) is -2.40. The minimum atomic E-state index is -3.95. The van der Waals surface area contributed by atoms with Crippen molar-refractivity contribution in [2.45, 2.75) is 108 Å². The predicted octanol–water partition coefficient (Wildman–Crippen LogP) is 5.14. The highest BCUT2D eigenvalue weighted by atomic mass is 32.2. The number of alkyl carbamates (subject to hydrolysis) is 1. The monoisotopic (exact) mass is 843 g/mol. The van der Waals surface area contributed by atoms with E-state index >= 15 is 0 Å². The maximum Gasteiger partial charge on any atom is 0.408 e. The number of ether oxygens (including phenoxy) is 3. The summed E-state index contributed by atoms with van der Waals surface area (Å²) in [6, 6.07) is 14.1. The van der Waals surface area contributed by atoms with Gasteiger partial charge in [0.05, 0.1) is 30.1 Å². The third-order valence-corrected chi connectivity index (χ3v) is 12.4. The maximum atomic E-state index is 14.7. The van der Waals surface area contributed by atoms with Crippen LogP contribution in [-0.2, 0) is 33.9 Å². The Morgan fingerprint density at radius 3 is 2.38 bits per heavy atom. The number of hydrogen-bond donors (Lipinski definition) is 3. The quantitative estimate of drug-likeness (QED) is 0.128. The number of methoxy groups -OCH3 is 1. The van der Waals surface area contributed by atoms with E-state index in [1.807, 2.05) is 30.3 Å². The van der Waals surface area contributed by atoms with E-state index in [9.17, 15) is 32.4 Å².